The summed E-state index contributed by atoms with van der Waals surface area (Å²) in [5.41, 5.74) is -0.123. The highest BCUT2D eigenvalue weighted by molar-refractivity contribution is 5.67. The summed E-state index contributed by atoms with van der Waals surface area (Å²) in [4.78, 5) is 26.5. The van der Waals surface area contributed by atoms with E-state index < -0.39 is 5.97 Å². The lowest BCUT2D eigenvalue weighted by atomic mass is 10.1. The normalized spacial score (nSPS) is 16.3. The molecule has 1 fully saturated rings. The Balaban J connectivity index is 1.99. The Hall–Kier alpha value is -1.85. The molecule has 1 unspecified atom stereocenters. The summed E-state index contributed by atoms with van der Waals surface area (Å²) < 4.78 is 1.69. The van der Waals surface area contributed by atoms with Crippen LogP contribution in [0.4, 0.5) is 5.82 Å². The summed E-state index contributed by atoms with van der Waals surface area (Å²) in [5.74, 6) is -0.569. The van der Waals surface area contributed by atoms with Crippen molar-refractivity contribution in [3.8, 4) is 0 Å². The van der Waals surface area contributed by atoms with Gasteiger partial charge in [0.25, 0.3) is 5.56 Å². The van der Waals surface area contributed by atoms with E-state index in [0.29, 0.717) is 18.4 Å². The molecule has 1 aromatic heterocycles. The minimum atomic E-state index is -0.833. The van der Waals surface area contributed by atoms with Crippen LogP contribution < -0.4 is 10.9 Å². The number of carboxylic acids is 1. The first-order chi connectivity index (χ1) is 8.58. The predicted molar refractivity (Wildman–Crippen MR) is 66.7 cm³/mol. The van der Waals surface area contributed by atoms with Gasteiger partial charge in [0.1, 0.15) is 0 Å². The Morgan fingerprint density at radius 3 is 3.00 bits per heavy atom. The number of nitrogens with zero attached hydrogens (tertiary/aromatic N) is 2. The van der Waals surface area contributed by atoms with E-state index in [0.717, 1.165) is 12.8 Å². The summed E-state index contributed by atoms with van der Waals surface area (Å²) in [6, 6.07) is 0.317. The predicted octanol–water partition coefficient (Wildman–Crippen LogP) is 1.10. The van der Waals surface area contributed by atoms with Crippen molar-refractivity contribution in [2.24, 2.45) is 5.92 Å². The van der Waals surface area contributed by atoms with Crippen LogP contribution in [0, 0.1) is 5.92 Å². The maximum Gasteiger partial charge on any atom is 0.303 e. The fourth-order valence-electron chi connectivity index (χ4n) is 1.83. The van der Waals surface area contributed by atoms with Crippen LogP contribution in [-0.4, -0.2) is 27.2 Å². The zero-order chi connectivity index (χ0) is 13.1. The van der Waals surface area contributed by atoms with Gasteiger partial charge in [-0.1, -0.05) is 6.92 Å². The number of hydrogen-bond acceptors (Lipinski definition) is 4. The van der Waals surface area contributed by atoms with Crippen molar-refractivity contribution < 1.29 is 9.90 Å². The van der Waals surface area contributed by atoms with Gasteiger partial charge in [0.15, 0.2) is 5.82 Å². The lowest BCUT2D eigenvalue weighted by Crippen LogP contribution is -2.26. The minimum absolute atomic E-state index is 0.0433. The fourth-order valence-corrected chi connectivity index (χ4v) is 1.83. The van der Waals surface area contributed by atoms with E-state index in [2.05, 4.69) is 10.3 Å². The largest absolute Gasteiger partial charge is 0.481 e. The highest BCUT2D eigenvalue weighted by atomic mass is 16.4. The zero-order valence-electron chi connectivity index (χ0n) is 10.3. The molecule has 0 amide bonds. The average Bonchev–Trinajstić information content (AvgIpc) is 3.10. The SMILES string of the molecule is CC(CNc1nccn(C2CC2)c1=O)CC(=O)O. The van der Waals surface area contributed by atoms with Gasteiger partial charge in [-0.2, -0.15) is 0 Å². The third-order valence-electron chi connectivity index (χ3n) is 2.95. The van der Waals surface area contributed by atoms with Gasteiger partial charge in [-0.25, -0.2) is 4.98 Å². The zero-order valence-corrected chi connectivity index (χ0v) is 10.3. The molecule has 0 aliphatic heterocycles. The molecule has 1 heterocycles. The quantitative estimate of drug-likeness (QED) is 0.791. The van der Waals surface area contributed by atoms with Crippen LogP contribution in [0.3, 0.4) is 0 Å². The monoisotopic (exact) mass is 251 g/mol. The molecule has 2 rings (SSSR count). The van der Waals surface area contributed by atoms with Crippen molar-refractivity contribution in [1.29, 1.82) is 0 Å². The molecular weight excluding hydrogens is 234 g/mol. The summed E-state index contributed by atoms with van der Waals surface area (Å²) in [6.07, 6.45) is 5.46. The Labute approximate surface area is 105 Å². The number of rotatable bonds is 6. The fraction of sp³-hybridized carbons (Fsp3) is 0.583. The highest BCUT2D eigenvalue weighted by Crippen LogP contribution is 2.33. The second-order valence-corrected chi connectivity index (χ2v) is 4.80. The van der Waals surface area contributed by atoms with E-state index in [4.69, 9.17) is 5.11 Å². The molecule has 0 spiro atoms. The van der Waals surface area contributed by atoms with Crippen LogP contribution in [0.25, 0.3) is 0 Å². The van der Waals surface area contributed by atoms with E-state index in [1.54, 1.807) is 17.0 Å². The van der Waals surface area contributed by atoms with Gasteiger partial charge in [0.2, 0.25) is 0 Å². The summed E-state index contributed by atoms with van der Waals surface area (Å²) >= 11 is 0. The van der Waals surface area contributed by atoms with Crippen LogP contribution in [0.5, 0.6) is 0 Å². The number of aromatic nitrogens is 2. The van der Waals surface area contributed by atoms with Gasteiger partial charge in [-0.15, -0.1) is 0 Å². The average molecular weight is 251 g/mol. The van der Waals surface area contributed by atoms with Crippen molar-refractivity contribution in [2.75, 3.05) is 11.9 Å². The molecule has 1 aromatic rings. The third-order valence-corrected chi connectivity index (χ3v) is 2.95. The van der Waals surface area contributed by atoms with E-state index in [1.165, 1.54) is 0 Å². The number of hydrogen-bond donors (Lipinski definition) is 2. The van der Waals surface area contributed by atoms with E-state index in [1.807, 2.05) is 6.92 Å². The molecule has 1 atom stereocenters. The summed E-state index contributed by atoms with van der Waals surface area (Å²) in [6.45, 7) is 2.26. The van der Waals surface area contributed by atoms with Gasteiger partial charge in [0, 0.05) is 31.4 Å². The molecule has 0 bridgehead atoms. The lowest BCUT2D eigenvalue weighted by molar-refractivity contribution is -0.137. The Bertz CT molecular complexity index is 494. The minimum Gasteiger partial charge on any atom is -0.481 e. The van der Waals surface area contributed by atoms with Gasteiger partial charge >= 0.3 is 5.97 Å². The maximum atomic E-state index is 12.0. The van der Waals surface area contributed by atoms with Crippen molar-refractivity contribution >= 4 is 11.8 Å². The molecule has 0 aromatic carbocycles. The van der Waals surface area contributed by atoms with Crippen molar-refractivity contribution in [2.45, 2.75) is 32.2 Å². The molecule has 0 radical (unpaired) electrons. The number of anilines is 1. The second kappa shape index (κ2) is 5.20. The maximum absolute atomic E-state index is 12.0. The van der Waals surface area contributed by atoms with Crippen molar-refractivity contribution in [1.82, 2.24) is 9.55 Å². The molecule has 0 saturated heterocycles. The van der Waals surface area contributed by atoms with Crippen LogP contribution >= 0.6 is 0 Å². The highest BCUT2D eigenvalue weighted by Gasteiger charge is 2.25. The number of carbonyl (C=O) groups is 1. The first-order valence-corrected chi connectivity index (χ1v) is 6.10. The van der Waals surface area contributed by atoms with Crippen LogP contribution in [0.2, 0.25) is 0 Å². The Kier molecular flexibility index (Phi) is 3.64. The second-order valence-electron chi connectivity index (χ2n) is 4.80. The lowest BCUT2D eigenvalue weighted by Gasteiger charge is -2.11. The van der Waals surface area contributed by atoms with E-state index >= 15 is 0 Å². The van der Waals surface area contributed by atoms with Crippen molar-refractivity contribution in [3.63, 3.8) is 0 Å². The van der Waals surface area contributed by atoms with Gasteiger partial charge in [-0.05, 0) is 18.8 Å². The summed E-state index contributed by atoms with van der Waals surface area (Å²) in [5, 5.41) is 11.6. The molecule has 1 aliphatic carbocycles. The molecule has 6 nitrogen and oxygen atoms in total. The molecule has 6 heteroatoms. The molecule has 2 N–H and O–H groups in total. The molecule has 1 saturated carbocycles. The number of aliphatic carboxylic acids is 1. The van der Waals surface area contributed by atoms with Gasteiger partial charge < -0.3 is 15.0 Å². The number of nitrogens with one attached hydrogen (secondary N) is 1. The van der Waals surface area contributed by atoms with Crippen LogP contribution in [-0.2, 0) is 4.79 Å². The first-order valence-electron chi connectivity index (χ1n) is 6.10. The molecule has 98 valence electrons. The van der Waals surface area contributed by atoms with Gasteiger partial charge in [0.05, 0.1) is 0 Å². The third kappa shape index (κ3) is 3.09. The van der Waals surface area contributed by atoms with Crippen LogP contribution in [0.1, 0.15) is 32.2 Å². The molecule has 18 heavy (non-hydrogen) atoms. The van der Waals surface area contributed by atoms with E-state index in [-0.39, 0.29) is 17.9 Å². The van der Waals surface area contributed by atoms with Crippen molar-refractivity contribution in [3.05, 3.63) is 22.7 Å². The number of carboxylic acid groups (broad SMARTS) is 1. The van der Waals surface area contributed by atoms with Gasteiger partial charge in [-0.3, -0.25) is 9.59 Å². The summed E-state index contributed by atoms with van der Waals surface area (Å²) in [7, 11) is 0. The standard InChI is InChI=1S/C12H17N3O3/c1-8(6-10(16)17)7-14-11-12(18)15(5-4-13-11)9-2-3-9/h4-5,8-9H,2-3,6-7H2,1H3,(H,13,14)(H,16,17). The Morgan fingerprint density at radius 2 is 2.39 bits per heavy atom. The smallest absolute Gasteiger partial charge is 0.303 e. The topological polar surface area (TPSA) is 84.2 Å². The molecule has 1 aliphatic rings. The van der Waals surface area contributed by atoms with Crippen LogP contribution in [0.15, 0.2) is 17.2 Å². The first kappa shape index (κ1) is 12.6. The van der Waals surface area contributed by atoms with E-state index in [9.17, 15) is 9.59 Å². The Morgan fingerprint density at radius 1 is 1.67 bits per heavy atom. The molecular formula is C12H17N3O3.